The van der Waals surface area contributed by atoms with Gasteiger partial charge < -0.3 is 14.9 Å². The van der Waals surface area contributed by atoms with Gasteiger partial charge in [-0.2, -0.15) is 0 Å². The van der Waals surface area contributed by atoms with Gasteiger partial charge in [0.05, 0.1) is 0 Å². The molecule has 3 rings (SSSR count). The third-order valence-electron chi connectivity index (χ3n) is 3.71. The first-order chi connectivity index (χ1) is 10.0. The van der Waals surface area contributed by atoms with E-state index in [9.17, 15) is 15.0 Å². The number of benzene rings is 2. The van der Waals surface area contributed by atoms with Crippen molar-refractivity contribution in [2.24, 2.45) is 0 Å². The van der Waals surface area contributed by atoms with Crippen LogP contribution in [0.3, 0.4) is 0 Å². The Morgan fingerprint density at radius 1 is 0.905 bits per heavy atom. The Kier molecular flexibility index (Phi) is 2.94. The van der Waals surface area contributed by atoms with Crippen molar-refractivity contribution >= 4 is 5.97 Å². The molecule has 0 saturated heterocycles. The summed E-state index contributed by atoms with van der Waals surface area (Å²) >= 11 is 0. The highest BCUT2D eigenvalue weighted by atomic mass is 16.6. The Balaban J connectivity index is 1.98. The van der Waals surface area contributed by atoms with Gasteiger partial charge in [-0.1, -0.05) is 54.6 Å². The van der Waals surface area contributed by atoms with Gasteiger partial charge in [-0.3, -0.25) is 0 Å². The van der Waals surface area contributed by atoms with Gasteiger partial charge in [-0.15, -0.1) is 0 Å². The Morgan fingerprint density at radius 3 is 2.00 bits per heavy atom. The van der Waals surface area contributed by atoms with Gasteiger partial charge >= 0.3 is 5.97 Å². The zero-order chi connectivity index (χ0) is 15.0. The molecule has 1 aliphatic rings. The fourth-order valence-electron chi connectivity index (χ4n) is 2.41. The highest BCUT2D eigenvalue weighted by molar-refractivity contribution is 5.90. The predicted octanol–water partition coefficient (Wildman–Crippen LogP) is 3.45. The summed E-state index contributed by atoms with van der Waals surface area (Å²) in [6, 6.07) is 17.1. The maximum Gasteiger partial charge on any atom is 0.378 e. The third kappa shape index (κ3) is 2.05. The van der Waals surface area contributed by atoms with Crippen molar-refractivity contribution in [3.8, 4) is 11.1 Å². The van der Waals surface area contributed by atoms with Gasteiger partial charge in [-0.25, -0.2) is 4.79 Å². The van der Waals surface area contributed by atoms with E-state index in [4.69, 9.17) is 4.74 Å². The summed E-state index contributed by atoms with van der Waals surface area (Å²) < 4.78 is 5.09. The van der Waals surface area contributed by atoms with Crippen LogP contribution in [0.15, 0.2) is 66.1 Å². The molecule has 0 aromatic heterocycles. The molecule has 4 nitrogen and oxygen atoms in total. The van der Waals surface area contributed by atoms with E-state index in [0.717, 1.165) is 11.1 Å². The van der Waals surface area contributed by atoms with Crippen molar-refractivity contribution < 1.29 is 19.7 Å². The number of hydrogen-bond donors (Lipinski definition) is 2. The Hall–Kier alpha value is -2.75. The Labute approximate surface area is 121 Å². The SMILES string of the molecule is C[C@]1(c2ccc(-c3ccccc3)cc2)OC(=O)C(O)=C1O. The lowest BCUT2D eigenvalue weighted by Gasteiger charge is -2.23. The summed E-state index contributed by atoms with van der Waals surface area (Å²) in [4.78, 5) is 11.4. The van der Waals surface area contributed by atoms with Gasteiger partial charge in [0.25, 0.3) is 0 Å². The Morgan fingerprint density at radius 2 is 1.48 bits per heavy atom. The molecule has 2 aromatic carbocycles. The molecule has 0 amide bonds. The van der Waals surface area contributed by atoms with Crippen LogP contribution in [0.1, 0.15) is 12.5 Å². The lowest BCUT2D eigenvalue weighted by molar-refractivity contribution is -0.149. The molecule has 0 fully saturated rings. The summed E-state index contributed by atoms with van der Waals surface area (Å²) in [6.07, 6.45) is 0. The normalized spacial score (nSPS) is 21.5. The summed E-state index contributed by atoms with van der Waals surface area (Å²) in [7, 11) is 0. The monoisotopic (exact) mass is 282 g/mol. The molecule has 0 saturated carbocycles. The number of rotatable bonds is 2. The minimum Gasteiger partial charge on any atom is -0.505 e. The van der Waals surface area contributed by atoms with Crippen LogP contribution in [-0.4, -0.2) is 16.2 Å². The van der Waals surface area contributed by atoms with E-state index in [1.165, 1.54) is 0 Å². The first kappa shape index (κ1) is 13.2. The zero-order valence-electron chi connectivity index (χ0n) is 11.4. The summed E-state index contributed by atoms with van der Waals surface area (Å²) in [5.74, 6) is -2.10. The zero-order valence-corrected chi connectivity index (χ0v) is 11.4. The van der Waals surface area contributed by atoms with Crippen LogP contribution >= 0.6 is 0 Å². The molecular formula is C17H14O4. The van der Waals surface area contributed by atoms with E-state index in [0.29, 0.717) is 5.56 Å². The number of aliphatic hydroxyl groups is 2. The van der Waals surface area contributed by atoms with Crippen LogP contribution in [0.25, 0.3) is 11.1 Å². The number of aliphatic hydroxyl groups excluding tert-OH is 2. The highest BCUT2D eigenvalue weighted by Crippen LogP contribution is 2.39. The highest BCUT2D eigenvalue weighted by Gasteiger charge is 2.46. The van der Waals surface area contributed by atoms with Gasteiger partial charge in [0, 0.05) is 5.56 Å². The van der Waals surface area contributed by atoms with Crippen molar-refractivity contribution in [3.63, 3.8) is 0 Å². The van der Waals surface area contributed by atoms with Crippen LogP contribution in [0, 0.1) is 0 Å². The average molecular weight is 282 g/mol. The second kappa shape index (κ2) is 4.66. The van der Waals surface area contributed by atoms with E-state index >= 15 is 0 Å². The first-order valence-corrected chi connectivity index (χ1v) is 6.54. The van der Waals surface area contributed by atoms with E-state index in [-0.39, 0.29) is 0 Å². The molecule has 1 aliphatic heterocycles. The molecule has 0 spiro atoms. The van der Waals surface area contributed by atoms with E-state index in [1.54, 1.807) is 19.1 Å². The number of carbonyl (C=O) groups is 1. The molecule has 2 aromatic rings. The summed E-state index contributed by atoms with van der Waals surface area (Å²) in [6.45, 7) is 1.54. The minimum absolute atomic E-state index is 0.458. The van der Waals surface area contributed by atoms with Crippen LogP contribution < -0.4 is 0 Å². The second-order valence-electron chi connectivity index (χ2n) is 5.06. The molecule has 0 aliphatic carbocycles. The van der Waals surface area contributed by atoms with Gasteiger partial charge in [0.1, 0.15) is 0 Å². The van der Waals surface area contributed by atoms with E-state index in [1.807, 2.05) is 42.5 Å². The number of hydrogen-bond acceptors (Lipinski definition) is 4. The second-order valence-corrected chi connectivity index (χ2v) is 5.06. The topological polar surface area (TPSA) is 66.8 Å². The number of cyclic esters (lactones) is 1. The molecule has 21 heavy (non-hydrogen) atoms. The van der Waals surface area contributed by atoms with Crippen molar-refractivity contribution in [3.05, 3.63) is 71.7 Å². The minimum atomic E-state index is -1.34. The van der Waals surface area contributed by atoms with Crippen LogP contribution in [-0.2, 0) is 15.1 Å². The lowest BCUT2D eigenvalue weighted by Crippen LogP contribution is -2.25. The predicted molar refractivity (Wildman–Crippen MR) is 77.6 cm³/mol. The van der Waals surface area contributed by atoms with Crippen molar-refractivity contribution in [1.29, 1.82) is 0 Å². The molecule has 106 valence electrons. The maximum atomic E-state index is 11.4. The average Bonchev–Trinajstić information content (AvgIpc) is 2.73. The van der Waals surface area contributed by atoms with Crippen molar-refractivity contribution in [2.45, 2.75) is 12.5 Å². The van der Waals surface area contributed by atoms with Crippen molar-refractivity contribution in [2.75, 3.05) is 0 Å². The smallest absolute Gasteiger partial charge is 0.378 e. The van der Waals surface area contributed by atoms with Crippen LogP contribution in [0.5, 0.6) is 0 Å². The maximum absolute atomic E-state index is 11.4. The van der Waals surface area contributed by atoms with E-state index in [2.05, 4.69) is 0 Å². The van der Waals surface area contributed by atoms with Crippen molar-refractivity contribution in [1.82, 2.24) is 0 Å². The third-order valence-corrected chi connectivity index (χ3v) is 3.71. The van der Waals surface area contributed by atoms with Gasteiger partial charge in [-0.05, 0) is 18.1 Å². The number of carbonyl (C=O) groups excluding carboxylic acids is 1. The first-order valence-electron chi connectivity index (χ1n) is 6.54. The summed E-state index contributed by atoms with van der Waals surface area (Å²) in [5.41, 5.74) is 1.34. The molecule has 4 heteroatoms. The Bertz CT molecular complexity index is 716. The van der Waals surface area contributed by atoms with Gasteiger partial charge in [0.15, 0.2) is 11.4 Å². The molecule has 0 unspecified atom stereocenters. The van der Waals surface area contributed by atoms with Crippen LogP contribution in [0.2, 0.25) is 0 Å². The molecule has 0 radical (unpaired) electrons. The number of ether oxygens (including phenoxy) is 1. The number of esters is 1. The fraction of sp³-hybridized carbons (Fsp3) is 0.118. The fourth-order valence-corrected chi connectivity index (χ4v) is 2.41. The molecule has 1 atom stereocenters. The van der Waals surface area contributed by atoms with E-state index < -0.39 is 23.1 Å². The lowest BCUT2D eigenvalue weighted by atomic mass is 9.92. The van der Waals surface area contributed by atoms with Gasteiger partial charge in [0.2, 0.25) is 5.76 Å². The van der Waals surface area contributed by atoms with Crippen LogP contribution in [0.4, 0.5) is 0 Å². The quantitative estimate of drug-likeness (QED) is 0.828. The molecule has 0 bridgehead atoms. The largest absolute Gasteiger partial charge is 0.505 e. The molecule has 1 heterocycles. The molecular weight excluding hydrogens is 268 g/mol. The molecule has 2 N–H and O–H groups in total. The summed E-state index contributed by atoms with van der Waals surface area (Å²) in [5, 5.41) is 19.4. The standard InChI is InChI=1S/C17H14O4/c1-17(15(19)14(18)16(20)21-17)13-9-7-12(8-10-13)11-5-3-2-4-6-11/h2-10,18-19H,1H3/t17-/m1/s1.